The summed E-state index contributed by atoms with van der Waals surface area (Å²) in [6.07, 6.45) is 6.07. The van der Waals surface area contributed by atoms with Gasteiger partial charge in [0.2, 0.25) is 0 Å². The zero-order valence-corrected chi connectivity index (χ0v) is 12.6. The SMILES string of the molecule is Fc1ccc(OC[C@H]2CCCN(Cc3ccncc3)C2)cc1. The number of nitrogens with zero attached hydrogens (tertiary/aromatic N) is 2. The molecule has 0 saturated carbocycles. The van der Waals surface area contributed by atoms with Crippen molar-refractivity contribution in [2.24, 2.45) is 5.92 Å². The van der Waals surface area contributed by atoms with Crippen LogP contribution in [0.25, 0.3) is 0 Å². The van der Waals surface area contributed by atoms with Gasteiger partial charge in [0.05, 0.1) is 6.61 Å². The zero-order valence-electron chi connectivity index (χ0n) is 12.6. The van der Waals surface area contributed by atoms with Gasteiger partial charge in [-0.2, -0.15) is 0 Å². The minimum atomic E-state index is -0.228. The average molecular weight is 300 g/mol. The summed E-state index contributed by atoms with van der Waals surface area (Å²) in [4.78, 5) is 6.53. The number of aromatic nitrogens is 1. The van der Waals surface area contributed by atoms with Crippen molar-refractivity contribution in [2.75, 3.05) is 19.7 Å². The second kappa shape index (κ2) is 7.36. The van der Waals surface area contributed by atoms with Gasteiger partial charge >= 0.3 is 0 Å². The highest BCUT2D eigenvalue weighted by atomic mass is 19.1. The number of likely N-dealkylation sites (tertiary alicyclic amines) is 1. The molecule has 22 heavy (non-hydrogen) atoms. The molecular formula is C18H21FN2O. The number of hydrogen-bond acceptors (Lipinski definition) is 3. The Morgan fingerprint density at radius 1 is 1.14 bits per heavy atom. The molecule has 0 bridgehead atoms. The van der Waals surface area contributed by atoms with Crippen molar-refractivity contribution in [1.82, 2.24) is 9.88 Å². The van der Waals surface area contributed by atoms with Gasteiger partial charge in [0.25, 0.3) is 0 Å². The standard InChI is InChI=1S/C18H21FN2O/c19-17-3-5-18(6-4-17)22-14-16-2-1-11-21(13-16)12-15-7-9-20-10-8-15/h3-10,16H,1-2,11-14H2/t16-/m0/s1. The van der Waals surface area contributed by atoms with Crippen molar-refractivity contribution in [3.05, 3.63) is 60.2 Å². The molecule has 1 atom stereocenters. The third-order valence-corrected chi connectivity index (χ3v) is 4.06. The van der Waals surface area contributed by atoms with Crippen LogP contribution in [-0.4, -0.2) is 29.6 Å². The molecule has 0 aliphatic carbocycles. The van der Waals surface area contributed by atoms with Gasteiger partial charge in [-0.25, -0.2) is 4.39 Å². The van der Waals surface area contributed by atoms with Crippen LogP contribution >= 0.6 is 0 Å². The minimum Gasteiger partial charge on any atom is -0.493 e. The Bertz CT molecular complexity index is 573. The Kier molecular flexibility index (Phi) is 5.01. The summed E-state index contributed by atoms with van der Waals surface area (Å²) in [5.41, 5.74) is 1.30. The van der Waals surface area contributed by atoms with E-state index < -0.39 is 0 Å². The fourth-order valence-electron chi connectivity index (χ4n) is 2.92. The van der Waals surface area contributed by atoms with Gasteiger partial charge in [0.15, 0.2) is 0 Å². The predicted octanol–water partition coefficient (Wildman–Crippen LogP) is 3.51. The van der Waals surface area contributed by atoms with Gasteiger partial charge in [-0.1, -0.05) is 0 Å². The van der Waals surface area contributed by atoms with Crippen molar-refractivity contribution in [2.45, 2.75) is 19.4 Å². The Labute approximate surface area is 130 Å². The van der Waals surface area contributed by atoms with Crippen molar-refractivity contribution in [3.63, 3.8) is 0 Å². The lowest BCUT2D eigenvalue weighted by atomic mass is 9.98. The molecule has 2 heterocycles. The number of hydrogen-bond donors (Lipinski definition) is 0. The normalized spacial score (nSPS) is 19.0. The lowest BCUT2D eigenvalue weighted by molar-refractivity contribution is 0.125. The molecule has 1 aromatic heterocycles. The molecule has 1 fully saturated rings. The van der Waals surface area contributed by atoms with E-state index in [1.165, 1.54) is 30.5 Å². The number of benzene rings is 1. The van der Waals surface area contributed by atoms with E-state index >= 15 is 0 Å². The van der Waals surface area contributed by atoms with Crippen LogP contribution in [0.3, 0.4) is 0 Å². The van der Waals surface area contributed by atoms with Crippen molar-refractivity contribution >= 4 is 0 Å². The van der Waals surface area contributed by atoms with Gasteiger partial charge < -0.3 is 4.74 Å². The Morgan fingerprint density at radius 2 is 1.91 bits per heavy atom. The van der Waals surface area contributed by atoms with Gasteiger partial charge in [-0.3, -0.25) is 9.88 Å². The molecule has 3 rings (SSSR count). The summed E-state index contributed by atoms with van der Waals surface area (Å²) >= 11 is 0. The minimum absolute atomic E-state index is 0.228. The van der Waals surface area contributed by atoms with Gasteiger partial charge in [0, 0.05) is 31.4 Å². The highest BCUT2D eigenvalue weighted by Crippen LogP contribution is 2.20. The highest BCUT2D eigenvalue weighted by Gasteiger charge is 2.20. The van der Waals surface area contributed by atoms with Crippen LogP contribution < -0.4 is 4.74 Å². The van der Waals surface area contributed by atoms with E-state index in [0.29, 0.717) is 12.5 Å². The number of rotatable bonds is 5. The molecule has 4 heteroatoms. The van der Waals surface area contributed by atoms with Crippen LogP contribution in [-0.2, 0) is 6.54 Å². The summed E-state index contributed by atoms with van der Waals surface area (Å²) in [7, 11) is 0. The largest absolute Gasteiger partial charge is 0.493 e. The molecule has 0 radical (unpaired) electrons. The zero-order chi connectivity index (χ0) is 15.2. The van der Waals surface area contributed by atoms with Gasteiger partial charge in [0.1, 0.15) is 11.6 Å². The first-order chi connectivity index (χ1) is 10.8. The molecule has 116 valence electrons. The monoisotopic (exact) mass is 300 g/mol. The number of halogens is 1. The smallest absolute Gasteiger partial charge is 0.123 e. The van der Waals surface area contributed by atoms with Crippen LogP contribution in [0.2, 0.25) is 0 Å². The maximum atomic E-state index is 12.9. The summed E-state index contributed by atoms with van der Waals surface area (Å²) in [5.74, 6) is 1.04. The molecule has 0 N–H and O–H groups in total. The molecule has 3 nitrogen and oxygen atoms in total. The summed E-state index contributed by atoms with van der Waals surface area (Å²) < 4.78 is 18.7. The summed E-state index contributed by atoms with van der Waals surface area (Å²) in [5, 5.41) is 0. The molecule has 2 aromatic rings. The summed E-state index contributed by atoms with van der Waals surface area (Å²) in [6.45, 7) is 3.84. The van der Waals surface area contributed by atoms with Crippen LogP contribution in [0.5, 0.6) is 5.75 Å². The topological polar surface area (TPSA) is 25.4 Å². The van der Waals surface area contributed by atoms with E-state index in [2.05, 4.69) is 22.0 Å². The second-order valence-corrected chi connectivity index (χ2v) is 5.86. The van der Waals surface area contributed by atoms with Crippen LogP contribution in [0, 0.1) is 11.7 Å². The molecule has 1 aliphatic heterocycles. The number of pyridine rings is 1. The molecule has 1 saturated heterocycles. The molecular weight excluding hydrogens is 279 g/mol. The first kappa shape index (κ1) is 15.0. The fourth-order valence-corrected chi connectivity index (χ4v) is 2.92. The maximum Gasteiger partial charge on any atom is 0.123 e. The van der Waals surface area contributed by atoms with E-state index in [1.807, 2.05) is 12.4 Å². The van der Waals surface area contributed by atoms with Crippen molar-refractivity contribution in [1.29, 1.82) is 0 Å². The number of ether oxygens (including phenoxy) is 1. The Morgan fingerprint density at radius 3 is 2.68 bits per heavy atom. The molecule has 0 unspecified atom stereocenters. The second-order valence-electron chi connectivity index (χ2n) is 5.86. The highest BCUT2D eigenvalue weighted by molar-refractivity contribution is 5.22. The quantitative estimate of drug-likeness (QED) is 0.845. The Balaban J connectivity index is 1.49. The first-order valence-corrected chi connectivity index (χ1v) is 7.79. The number of piperidine rings is 1. The van der Waals surface area contributed by atoms with E-state index in [9.17, 15) is 4.39 Å². The molecule has 1 aromatic carbocycles. The maximum absolute atomic E-state index is 12.9. The van der Waals surface area contributed by atoms with Gasteiger partial charge in [-0.15, -0.1) is 0 Å². The third kappa shape index (κ3) is 4.28. The van der Waals surface area contributed by atoms with E-state index in [4.69, 9.17) is 4.74 Å². The Hall–Kier alpha value is -1.94. The van der Waals surface area contributed by atoms with E-state index in [0.717, 1.165) is 25.4 Å². The van der Waals surface area contributed by atoms with Gasteiger partial charge in [-0.05, 0) is 61.3 Å². The third-order valence-electron chi connectivity index (χ3n) is 4.06. The predicted molar refractivity (Wildman–Crippen MR) is 84.1 cm³/mol. The first-order valence-electron chi connectivity index (χ1n) is 7.79. The fraction of sp³-hybridized carbons (Fsp3) is 0.389. The molecule has 1 aliphatic rings. The van der Waals surface area contributed by atoms with Crippen LogP contribution in [0.1, 0.15) is 18.4 Å². The summed E-state index contributed by atoms with van der Waals surface area (Å²) in [6, 6.07) is 10.4. The van der Waals surface area contributed by atoms with E-state index in [-0.39, 0.29) is 5.82 Å². The lowest BCUT2D eigenvalue weighted by Gasteiger charge is -2.32. The molecule has 0 amide bonds. The van der Waals surface area contributed by atoms with E-state index in [1.54, 1.807) is 12.1 Å². The van der Waals surface area contributed by atoms with Crippen molar-refractivity contribution in [3.8, 4) is 5.75 Å². The van der Waals surface area contributed by atoms with Crippen molar-refractivity contribution < 1.29 is 9.13 Å². The van der Waals surface area contributed by atoms with Crippen LogP contribution in [0.15, 0.2) is 48.8 Å². The average Bonchev–Trinajstić information content (AvgIpc) is 2.56. The van der Waals surface area contributed by atoms with Crippen LogP contribution in [0.4, 0.5) is 4.39 Å². The lowest BCUT2D eigenvalue weighted by Crippen LogP contribution is -2.37. The molecule has 0 spiro atoms.